The molecule has 0 saturated carbocycles. The van der Waals surface area contributed by atoms with Crippen LogP contribution in [0.15, 0.2) is 24.8 Å². The Hall–Kier alpha value is -1.95. The molecule has 1 N–H and O–H groups in total. The molecule has 1 unspecified atom stereocenters. The van der Waals surface area contributed by atoms with Crippen molar-refractivity contribution >= 4 is 5.82 Å². The highest BCUT2D eigenvalue weighted by atomic mass is 15.3. The molecule has 2 aromatic heterocycles. The van der Waals surface area contributed by atoms with Crippen LogP contribution in [0.1, 0.15) is 17.7 Å². The minimum Gasteiger partial charge on any atom is -0.366 e. The quantitative estimate of drug-likeness (QED) is 0.906. The molecule has 0 radical (unpaired) electrons. The first-order valence-electron chi connectivity index (χ1n) is 6.95. The molecule has 1 aliphatic heterocycles. The Bertz CT molecular complexity index is 564. The predicted octanol–water partition coefficient (Wildman–Crippen LogP) is 1.20. The van der Waals surface area contributed by atoms with Crippen LogP contribution in [0.4, 0.5) is 5.82 Å². The molecule has 106 valence electrons. The van der Waals surface area contributed by atoms with Crippen molar-refractivity contribution in [3.05, 3.63) is 36.0 Å². The second-order valence-electron chi connectivity index (χ2n) is 5.37. The summed E-state index contributed by atoms with van der Waals surface area (Å²) in [5, 5.41) is 7.86. The molecule has 6 nitrogen and oxygen atoms in total. The van der Waals surface area contributed by atoms with Gasteiger partial charge in [0.25, 0.3) is 0 Å². The molecule has 20 heavy (non-hydrogen) atoms. The number of aryl methyl sites for hydroxylation is 2. The van der Waals surface area contributed by atoms with Gasteiger partial charge in [0.2, 0.25) is 0 Å². The van der Waals surface area contributed by atoms with Crippen LogP contribution < -0.4 is 5.32 Å². The predicted molar refractivity (Wildman–Crippen MR) is 77.3 cm³/mol. The molecule has 0 aliphatic carbocycles. The minimum atomic E-state index is 0.460. The highest BCUT2D eigenvalue weighted by molar-refractivity contribution is 5.33. The van der Waals surface area contributed by atoms with E-state index in [2.05, 4.69) is 38.4 Å². The fourth-order valence-corrected chi connectivity index (χ4v) is 2.72. The van der Waals surface area contributed by atoms with Crippen molar-refractivity contribution in [2.75, 3.05) is 18.4 Å². The van der Waals surface area contributed by atoms with Gasteiger partial charge in [-0.2, -0.15) is 5.10 Å². The van der Waals surface area contributed by atoms with Gasteiger partial charge < -0.3 is 5.32 Å². The number of hydrogen-bond acceptors (Lipinski definition) is 5. The van der Waals surface area contributed by atoms with Gasteiger partial charge in [0, 0.05) is 50.7 Å². The molecule has 1 fully saturated rings. The molecule has 0 spiro atoms. The molecule has 1 aliphatic rings. The van der Waals surface area contributed by atoms with Crippen LogP contribution in [0.3, 0.4) is 0 Å². The molecule has 2 aromatic rings. The molecule has 0 bridgehead atoms. The number of hydrogen-bond donors (Lipinski definition) is 1. The third-order valence-corrected chi connectivity index (χ3v) is 3.72. The maximum absolute atomic E-state index is 4.40. The van der Waals surface area contributed by atoms with Gasteiger partial charge in [-0.3, -0.25) is 9.58 Å². The van der Waals surface area contributed by atoms with Gasteiger partial charge in [0.1, 0.15) is 12.1 Å². The zero-order chi connectivity index (χ0) is 13.9. The first-order valence-corrected chi connectivity index (χ1v) is 6.95. The van der Waals surface area contributed by atoms with Crippen LogP contribution in [0.2, 0.25) is 0 Å². The van der Waals surface area contributed by atoms with E-state index in [1.54, 1.807) is 12.5 Å². The summed E-state index contributed by atoms with van der Waals surface area (Å²) in [5.74, 6) is 0.907. The van der Waals surface area contributed by atoms with E-state index in [1.165, 1.54) is 5.56 Å². The average Bonchev–Trinajstić information content (AvgIpc) is 2.98. The molecule has 6 heteroatoms. The maximum atomic E-state index is 4.40. The Morgan fingerprint density at radius 3 is 3.05 bits per heavy atom. The molecule has 1 saturated heterocycles. The second-order valence-corrected chi connectivity index (χ2v) is 5.37. The van der Waals surface area contributed by atoms with Gasteiger partial charge >= 0.3 is 0 Å². The summed E-state index contributed by atoms with van der Waals surface area (Å²) in [6.07, 6.45) is 6.60. The largest absolute Gasteiger partial charge is 0.366 e. The molecular formula is C14H20N6. The fraction of sp³-hybridized carbons (Fsp3) is 0.500. The first-order chi connectivity index (χ1) is 9.70. The van der Waals surface area contributed by atoms with Crippen molar-refractivity contribution in [3.8, 4) is 0 Å². The number of rotatable bonds is 4. The second kappa shape index (κ2) is 5.58. The van der Waals surface area contributed by atoms with E-state index in [-0.39, 0.29) is 0 Å². The lowest BCUT2D eigenvalue weighted by molar-refractivity contribution is 0.328. The van der Waals surface area contributed by atoms with E-state index in [9.17, 15) is 0 Å². The Balaban J connectivity index is 1.56. The Morgan fingerprint density at radius 1 is 1.45 bits per heavy atom. The molecule has 0 amide bonds. The van der Waals surface area contributed by atoms with Crippen LogP contribution >= 0.6 is 0 Å². The van der Waals surface area contributed by atoms with Crippen LogP contribution in [-0.2, 0) is 13.6 Å². The minimum absolute atomic E-state index is 0.460. The summed E-state index contributed by atoms with van der Waals surface area (Å²) in [6, 6.07) is 2.37. The van der Waals surface area contributed by atoms with Gasteiger partial charge in [0.05, 0.1) is 5.69 Å². The highest BCUT2D eigenvalue weighted by Crippen LogP contribution is 2.17. The van der Waals surface area contributed by atoms with Crippen LogP contribution in [0.5, 0.6) is 0 Å². The van der Waals surface area contributed by atoms with Gasteiger partial charge in [-0.1, -0.05) is 0 Å². The summed E-state index contributed by atoms with van der Waals surface area (Å²) in [6.45, 7) is 5.19. The van der Waals surface area contributed by atoms with E-state index in [4.69, 9.17) is 0 Å². The van der Waals surface area contributed by atoms with Gasteiger partial charge in [0.15, 0.2) is 0 Å². The average molecular weight is 272 g/mol. The van der Waals surface area contributed by atoms with E-state index in [1.807, 2.05) is 17.8 Å². The number of nitrogens with one attached hydrogen (secondary N) is 1. The Labute approximate surface area is 118 Å². The summed E-state index contributed by atoms with van der Waals surface area (Å²) in [7, 11) is 1.97. The topological polar surface area (TPSA) is 58.9 Å². The van der Waals surface area contributed by atoms with E-state index in [0.717, 1.165) is 37.6 Å². The van der Waals surface area contributed by atoms with Crippen molar-refractivity contribution in [2.24, 2.45) is 7.05 Å². The van der Waals surface area contributed by atoms with Crippen molar-refractivity contribution in [3.63, 3.8) is 0 Å². The van der Waals surface area contributed by atoms with Gasteiger partial charge in [-0.25, -0.2) is 9.97 Å². The van der Waals surface area contributed by atoms with Crippen molar-refractivity contribution in [1.82, 2.24) is 24.6 Å². The third-order valence-electron chi connectivity index (χ3n) is 3.72. The summed E-state index contributed by atoms with van der Waals surface area (Å²) < 4.78 is 1.89. The van der Waals surface area contributed by atoms with Crippen LogP contribution in [-0.4, -0.2) is 43.8 Å². The normalized spacial score (nSPS) is 19.4. The monoisotopic (exact) mass is 272 g/mol. The van der Waals surface area contributed by atoms with Crippen molar-refractivity contribution in [2.45, 2.75) is 25.9 Å². The van der Waals surface area contributed by atoms with Crippen molar-refractivity contribution in [1.29, 1.82) is 0 Å². The number of anilines is 1. The Morgan fingerprint density at radius 2 is 2.35 bits per heavy atom. The number of likely N-dealkylation sites (tertiary alicyclic amines) is 1. The zero-order valence-electron chi connectivity index (χ0n) is 12.0. The lowest BCUT2D eigenvalue weighted by Crippen LogP contribution is -2.26. The summed E-state index contributed by atoms with van der Waals surface area (Å²) >= 11 is 0. The van der Waals surface area contributed by atoms with Crippen LogP contribution in [0, 0.1) is 6.92 Å². The molecular weight excluding hydrogens is 252 g/mol. The lowest BCUT2D eigenvalue weighted by atomic mass is 10.2. The van der Waals surface area contributed by atoms with Crippen molar-refractivity contribution < 1.29 is 0 Å². The number of nitrogens with zero attached hydrogens (tertiary/aromatic N) is 5. The first kappa shape index (κ1) is 13.1. The lowest BCUT2D eigenvalue weighted by Gasteiger charge is -2.16. The molecule has 3 rings (SSSR count). The SMILES string of the molecule is Cc1nn(C)cc1CN1CCC(Nc2ccncn2)C1. The van der Waals surface area contributed by atoms with Crippen LogP contribution in [0.25, 0.3) is 0 Å². The van der Waals surface area contributed by atoms with E-state index >= 15 is 0 Å². The van der Waals surface area contributed by atoms with E-state index < -0.39 is 0 Å². The Kier molecular flexibility index (Phi) is 3.64. The maximum Gasteiger partial charge on any atom is 0.129 e. The summed E-state index contributed by atoms with van der Waals surface area (Å²) in [4.78, 5) is 10.6. The molecule has 1 atom stereocenters. The molecule has 3 heterocycles. The van der Waals surface area contributed by atoms with Gasteiger partial charge in [-0.05, 0) is 19.4 Å². The fourth-order valence-electron chi connectivity index (χ4n) is 2.72. The standard InChI is InChI=1S/C14H20N6/c1-11-12(7-19(2)18-11)8-20-6-4-13(9-20)17-14-3-5-15-10-16-14/h3,5,7,10,13H,4,6,8-9H2,1-2H3,(H,15,16,17). The summed E-state index contributed by atoms with van der Waals surface area (Å²) in [5.41, 5.74) is 2.44. The smallest absolute Gasteiger partial charge is 0.129 e. The van der Waals surface area contributed by atoms with E-state index in [0.29, 0.717) is 6.04 Å². The zero-order valence-corrected chi connectivity index (χ0v) is 12.0. The third kappa shape index (κ3) is 2.96. The number of aromatic nitrogens is 4. The highest BCUT2D eigenvalue weighted by Gasteiger charge is 2.23. The van der Waals surface area contributed by atoms with Gasteiger partial charge in [-0.15, -0.1) is 0 Å². The molecule has 0 aromatic carbocycles.